The molecule has 3 aromatic rings. The van der Waals surface area contributed by atoms with Crippen LogP contribution in [0.25, 0.3) is 10.2 Å². The van der Waals surface area contributed by atoms with Gasteiger partial charge in [-0.05, 0) is 31.7 Å². The van der Waals surface area contributed by atoms with Crippen LogP contribution in [-0.2, 0) is 10.0 Å². The third-order valence-corrected chi connectivity index (χ3v) is 9.19. The molecule has 1 aliphatic heterocycles. The van der Waals surface area contributed by atoms with Gasteiger partial charge < -0.3 is 14.8 Å². The summed E-state index contributed by atoms with van der Waals surface area (Å²) in [4.78, 5) is 10.2. The number of thiophene rings is 1. The molecule has 0 atom stereocenters. The molecule has 32 heavy (non-hydrogen) atoms. The number of piperidine rings is 1. The molecule has 0 spiro atoms. The van der Waals surface area contributed by atoms with Gasteiger partial charge in [-0.3, -0.25) is 0 Å². The lowest BCUT2D eigenvalue weighted by molar-refractivity contribution is 0.288. The standard InChI is InChI=1S/C21H25ClN4O4S2/c1-12-5-7-26(8-6-12)32(27,28)19-13(2)31-21-18(19)20(23-11-24-21)25-15-9-14(22)16(29-3)10-17(15)30-4/h9-12H,5-8H2,1-4H3,(H,23,24,25). The molecule has 8 nitrogen and oxygen atoms in total. The first kappa shape index (κ1) is 23.0. The number of rotatable bonds is 6. The second-order valence-electron chi connectivity index (χ2n) is 7.79. The van der Waals surface area contributed by atoms with E-state index in [9.17, 15) is 8.42 Å². The van der Waals surface area contributed by atoms with Crippen molar-refractivity contribution in [3.05, 3.63) is 28.4 Å². The molecule has 0 amide bonds. The molecule has 11 heteroatoms. The maximum atomic E-state index is 13.6. The molecule has 0 aliphatic carbocycles. The van der Waals surface area contributed by atoms with Crippen LogP contribution in [0.5, 0.6) is 11.5 Å². The Morgan fingerprint density at radius 3 is 2.50 bits per heavy atom. The number of nitrogens with one attached hydrogen (secondary N) is 1. The van der Waals surface area contributed by atoms with Gasteiger partial charge in [0.2, 0.25) is 10.0 Å². The summed E-state index contributed by atoms with van der Waals surface area (Å²) in [6.45, 7) is 4.98. The predicted octanol–water partition coefficient (Wildman–Crippen LogP) is 4.83. The van der Waals surface area contributed by atoms with Gasteiger partial charge in [-0.1, -0.05) is 18.5 Å². The lowest BCUT2D eigenvalue weighted by Gasteiger charge is -2.29. The van der Waals surface area contributed by atoms with Crippen molar-refractivity contribution in [1.29, 1.82) is 0 Å². The van der Waals surface area contributed by atoms with E-state index in [-0.39, 0.29) is 4.90 Å². The summed E-state index contributed by atoms with van der Waals surface area (Å²) >= 11 is 7.65. The molecule has 1 aromatic carbocycles. The highest BCUT2D eigenvalue weighted by Gasteiger charge is 2.33. The van der Waals surface area contributed by atoms with Crippen molar-refractivity contribution in [1.82, 2.24) is 14.3 Å². The average Bonchev–Trinajstić information content (AvgIpc) is 3.12. The molecular formula is C21H25ClN4O4S2. The van der Waals surface area contributed by atoms with Crippen LogP contribution in [-0.4, -0.2) is 50.0 Å². The topological polar surface area (TPSA) is 93.6 Å². The van der Waals surface area contributed by atoms with Gasteiger partial charge in [0, 0.05) is 24.0 Å². The van der Waals surface area contributed by atoms with Crippen LogP contribution >= 0.6 is 22.9 Å². The first-order valence-corrected chi connectivity index (χ1v) is 12.8. The molecule has 172 valence electrons. The fourth-order valence-electron chi connectivity index (χ4n) is 3.86. The van der Waals surface area contributed by atoms with E-state index in [1.54, 1.807) is 23.4 Å². The smallest absolute Gasteiger partial charge is 0.244 e. The van der Waals surface area contributed by atoms with Gasteiger partial charge in [-0.15, -0.1) is 11.3 Å². The first-order chi connectivity index (χ1) is 15.3. The summed E-state index contributed by atoms with van der Waals surface area (Å²) in [6.07, 6.45) is 3.12. The summed E-state index contributed by atoms with van der Waals surface area (Å²) in [5, 5.41) is 4.06. The van der Waals surface area contributed by atoms with Crippen molar-refractivity contribution >= 4 is 54.7 Å². The summed E-state index contributed by atoms with van der Waals surface area (Å²) in [5.74, 6) is 1.85. The van der Waals surface area contributed by atoms with Crippen LogP contribution in [0.15, 0.2) is 23.4 Å². The number of anilines is 2. The SMILES string of the molecule is COc1cc(OC)c(Nc2ncnc3sc(C)c(S(=O)(=O)N4CCC(C)CC4)c23)cc1Cl. The zero-order chi connectivity index (χ0) is 23.0. The van der Waals surface area contributed by atoms with Gasteiger partial charge in [0.15, 0.2) is 0 Å². The highest BCUT2D eigenvalue weighted by Crippen LogP contribution is 2.42. The lowest BCUT2D eigenvalue weighted by Crippen LogP contribution is -2.38. The van der Waals surface area contributed by atoms with Gasteiger partial charge in [-0.25, -0.2) is 18.4 Å². The molecule has 0 radical (unpaired) electrons. The predicted molar refractivity (Wildman–Crippen MR) is 127 cm³/mol. The minimum atomic E-state index is -3.70. The zero-order valence-corrected chi connectivity index (χ0v) is 20.7. The van der Waals surface area contributed by atoms with E-state index in [2.05, 4.69) is 22.2 Å². The number of hydrogen-bond acceptors (Lipinski definition) is 8. The van der Waals surface area contributed by atoms with E-state index in [1.165, 1.54) is 31.9 Å². The maximum absolute atomic E-state index is 13.6. The first-order valence-electron chi connectivity index (χ1n) is 10.2. The monoisotopic (exact) mass is 496 g/mol. The summed E-state index contributed by atoms with van der Waals surface area (Å²) < 4.78 is 39.6. The van der Waals surface area contributed by atoms with Crippen LogP contribution in [0.2, 0.25) is 5.02 Å². The van der Waals surface area contributed by atoms with Crippen LogP contribution in [0.4, 0.5) is 11.5 Å². The van der Waals surface area contributed by atoms with Crippen LogP contribution in [0, 0.1) is 12.8 Å². The molecule has 3 heterocycles. The summed E-state index contributed by atoms with van der Waals surface area (Å²) in [7, 11) is -0.647. The number of hydrogen-bond donors (Lipinski definition) is 1. The van der Waals surface area contributed by atoms with E-state index in [1.807, 2.05) is 0 Å². The van der Waals surface area contributed by atoms with Crippen molar-refractivity contribution in [2.45, 2.75) is 31.6 Å². The molecule has 0 bridgehead atoms. The van der Waals surface area contributed by atoms with Crippen molar-refractivity contribution < 1.29 is 17.9 Å². The van der Waals surface area contributed by atoms with Crippen LogP contribution in [0.1, 0.15) is 24.6 Å². The number of aryl methyl sites for hydroxylation is 1. The van der Waals surface area contributed by atoms with Gasteiger partial charge in [0.05, 0.1) is 30.3 Å². The van der Waals surface area contributed by atoms with Gasteiger partial charge in [-0.2, -0.15) is 4.31 Å². The Labute approximate surface area is 196 Å². The van der Waals surface area contributed by atoms with Crippen molar-refractivity contribution in [3.63, 3.8) is 0 Å². The van der Waals surface area contributed by atoms with E-state index >= 15 is 0 Å². The third kappa shape index (κ3) is 4.12. The largest absolute Gasteiger partial charge is 0.495 e. The Balaban J connectivity index is 1.82. The molecule has 4 rings (SSSR count). The molecule has 0 saturated carbocycles. The number of methoxy groups -OCH3 is 2. The van der Waals surface area contributed by atoms with Crippen LogP contribution < -0.4 is 14.8 Å². The number of aromatic nitrogens is 2. The Morgan fingerprint density at radius 1 is 1.16 bits per heavy atom. The van der Waals surface area contributed by atoms with Crippen molar-refractivity contribution in [3.8, 4) is 11.5 Å². The van der Waals surface area contributed by atoms with Crippen molar-refractivity contribution in [2.24, 2.45) is 5.92 Å². The highest BCUT2D eigenvalue weighted by atomic mass is 35.5. The number of nitrogens with zero attached hydrogens (tertiary/aromatic N) is 3. The minimum absolute atomic E-state index is 0.258. The summed E-state index contributed by atoms with van der Waals surface area (Å²) in [5.41, 5.74) is 0.539. The number of fused-ring (bicyclic) bond motifs is 1. The molecular weight excluding hydrogens is 472 g/mol. The second-order valence-corrected chi connectivity index (χ2v) is 11.3. The van der Waals surface area contributed by atoms with E-state index in [0.717, 1.165) is 12.8 Å². The lowest BCUT2D eigenvalue weighted by atomic mass is 10.0. The van der Waals surface area contributed by atoms with Gasteiger partial charge >= 0.3 is 0 Å². The Hall–Kier alpha value is -2.14. The number of halogens is 1. The maximum Gasteiger partial charge on any atom is 0.244 e. The molecule has 2 aromatic heterocycles. The molecule has 1 saturated heterocycles. The van der Waals surface area contributed by atoms with E-state index in [4.69, 9.17) is 21.1 Å². The summed E-state index contributed by atoms with van der Waals surface area (Å²) in [6, 6.07) is 3.32. The number of sulfonamides is 1. The van der Waals surface area contributed by atoms with Crippen molar-refractivity contribution in [2.75, 3.05) is 32.6 Å². The zero-order valence-electron chi connectivity index (χ0n) is 18.3. The molecule has 1 fully saturated rings. The van der Waals surface area contributed by atoms with E-state index < -0.39 is 10.0 Å². The molecule has 1 N–H and O–H groups in total. The minimum Gasteiger partial charge on any atom is -0.495 e. The third-order valence-electron chi connectivity index (χ3n) is 5.68. The Bertz CT molecular complexity index is 1250. The van der Waals surface area contributed by atoms with E-state index in [0.29, 0.717) is 62.1 Å². The normalized spacial score (nSPS) is 15.8. The molecule has 0 unspecified atom stereocenters. The van der Waals surface area contributed by atoms with Gasteiger partial charge in [0.25, 0.3) is 0 Å². The van der Waals surface area contributed by atoms with Gasteiger partial charge in [0.1, 0.15) is 33.4 Å². The fourth-order valence-corrected chi connectivity index (χ4v) is 7.26. The highest BCUT2D eigenvalue weighted by molar-refractivity contribution is 7.89. The Morgan fingerprint density at radius 2 is 1.84 bits per heavy atom. The molecule has 1 aliphatic rings. The van der Waals surface area contributed by atoms with Crippen LogP contribution in [0.3, 0.4) is 0 Å². The Kier molecular flexibility index (Phi) is 6.49. The number of benzene rings is 1. The average molecular weight is 497 g/mol. The number of ether oxygens (including phenoxy) is 2. The second kappa shape index (κ2) is 9.01. The fraction of sp³-hybridized carbons (Fsp3) is 0.429. The quantitative estimate of drug-likeness (QED) is 0.522.